The zero-order chi connectivity index (χ0) is 14.2. The van der Waals surface area contributed by atoms with Crippen molar-refractivity contribution in [3.63, 3.8) is 0 Å². The summed E-state index contributed by atoms with van der Waals surface area (Å²) < 4.78 is 0. The van der Waals surface area contributed by atoms with Gasteiger partial charge in [-0.25, -0.2) is 0 Å². The van der Waals surface area contributed by atoms with Gasteiger partial charge in [0.05, 0.1) is 9.95 Å². The predicted molar refractivity (Wildman–Crippen MR) is 72.8 cm³/mol. The Kier molecular flexibility index (Phi) is 3.96. The number of hydrogen-bond acceptors (Lipinski definition) is 3. The SMILES string of the molecule is CC1CCN(C(=O)c2cc(Cl)c(Cl)c([N+](=O)[O-])c2)C1. The summed E-state index contributed by atoms with van der Waals surface area (Å²) in [5.41, 5.74) is -0.139. The molecule has 7 heteroatoms. The maximum absolute atomic E-state index is 12.2. The van der Waals surface area contributed by atoms with Crippen LogP contribution in [0.25, 0.3) is 0 Å². The first kappa shape index (κ1) is 14.1. The van der Waals surface area contributed by atoms with Crippen LogP contribution in [0, 0.1) is 16.0 Å². The van der Waals surface area contributed by atoms with Crippen LogP contribution in [0.4, 0.5) is 5.69 Å². The van der Waals surface area contributed by atoms with Gasteiger partial charge in [0.2, 0.25) is 0 Å². The van der Waals surface area contributed by atoms with E-state index in [1.807, 2.05) is 0 Å². The molecule has 1 amide bonds. The highest BCUT2D eigenvalue weighted by atomic mass is 35.5. The minimum atomic E-state index is -0.641. The fourth-order valence-electron chi connectivity index (χ4n) is 2.13. The van der Waals surface area contributed by atoms with E-state index in [-0.39, 0.29) is 27.2 Å². The number of halogens is 2. The molecule has 0 spiro atoms. The number of benzene rings is 1. The lowest BCUT2D eigenvalue weighted by Gasteiger charge is -2.16. The van der Waals surface area contributed by atoms with Gasteiger partial charge in [-0.3, -0.25) is 14.9 Å². The molecule has 0 aliphatic carbocycles. The van der Waals surface area contributed by atoms with E-state index in [1.54, 1.807) is 4.90 Å². The average Bonchev–Trinajstić information content (AvgIpc) is 2.78. The van der Waals surface area contributed by atoms with Crippen molar-refractivity contribution in [2.75, 3.05) is 13.1 Å². The summed E-state index contributed by atoms with van der Waals surface area (Å²) in [5, 5.41) is 10.7. The topological polar surface area (TPSA) is 63.5 Å². The number of hydrogen-bond donors (Lipinski definition) is 0. The van der Waals surface area contributed by atoms with Crippen molar-refractivity contribution in [2.45, 2.75) is 13.3 Å². The Morgan fingerprint density at radius 2 is 2.16 bits per heavy atom. The lowest BCUT2D eigenvalue weighted by Crippen LogP contribution is -2.28. The van der Waals surface area contributed by atoms with Gasteiger partial charge < -0.3 is 4.90 Å². The Morgan fingerprint density at radius 3 is 2.68 bits per heavy atom. The van der Waals surface area contributed by atoms with Crippen LogP contribution in [-0.4, -0.2) is 28.8 Å². The second kappa shape index (κ2) is 5.35. The summed E-state index contributed by atoms with van der Waals surface area (Å²) in [6.07, 6.45) is 0.940. The highest BCUT2D eigenvalue weighted by Gasteiger charge is 2.27. The molecule has 102 valence electrons. The van der Waals surface area contributed by atoms with E-state index in [9.17, 15) is 14.9 Å². The number of carbonyl (C=O) groups excluding carboxylic acids is 1. The van der Waals surface area contributed by atoms with Crippen LogP contribution in [-0.2, 0) is 0 Å². The molecule has 0 aromatic heterocycles. The molecule has 0 N–H and O–H groups in total. The average molecular weight is 303 g/mol. The number of nitro groups is 1. The van der Waals surface area contributed by atoms with Crippen molar-refractivity contribution in [3.8, 4) is 0 Å². The van der Waals surface area contributed by atoms with Gasteiger partial charge in [0.25, 0.3) is 11.6 Å². The van der Waals surface area contributed by atoms with Crippen molar-refractivity contribution in [3.05, 3.63) is 37.9 Å². The highest BCUT2D eigenvalue weighted by Crippen LogP contribution is 2.33. The largest absolute Gasteiger partial charge is 0.338 e. The summed E-state index contributed by atoms with van der Waals surface area (Å²) in [7, 11) is 0. The standard InChI is InChI=1S/C12H12Cl2N2O3/c1-7-2-3-15(6-7)12(17)8-4-9(13)11(14)10(5-8)16(18)19/h4-5,7H,2-3,6H2,1H3. The summed E-state index contributed by atoms with van der Waals surface area (Å²) in [6, 6.07) is 2.56. The first-order valence-electron chi connectivity index (χ1n) is 5.83. The van der Waals surface area contributed by atoms with Crippen LogP contribution >= 0.6 is 23.2 Å². The van der Waals surface area contributed by atoms with Gasteiger partial charge in [-0.2, -0.15) is 0 Å². The van der Waals surface area contributed by atoms with Crippen molar-refractivity contribution < 1.29 is 9.72 Å². The van der Waals surface area contributed by atoms with E-state index in [1.165, 1.54) is 12.1 Å². The Morgan fingerprint density at radius 1 is 1.47 bits per heavy atom. The maximum atomic E-state index is 12.2. The molecule has 1 atom stereocenters. The predicted octanol–water partition coefficient (Wildman–Crippen LogP) is 3.38. The quantitative estimate of drug-likeness (QED) is 0.621. The van der Waals surface area contributed by atoms with Gasteiger partial charge in [-0.1, -0.05) is 30.1 Å². The minimum absolute atomic E-state index is 0.0199. The molecular weight excluding hydrogens is 291 g/mol. The molecule has 1 heterocycles. The molecule has 0 radical (unpaired) electrons. The van der Waals surface area contributed by atoms with Crippen LogP contribution in [0.15, 0.2) is 12.1 Å². The molecule has 1 unspecified atom stereocenters. The van der Waals surface area contributed by atoms with Crippen LogP contribution in [0.3, 0.4) is 0 Å². The first-order valence-corrected chi connectivity index (χ1v) is 6.58. The normalized spacial score (nSPS) is 18.7. The molecule has 1 aliphatic heterocycles. The summed E-state index contributed by atoms with van der Waals surface area (Å²) in [5.74, 6) is 0.202. The fourth-order valence-corrected chi connectivity index (χ4v) is 2.53. The van der Waals surface area contributed by atoms with Gasteiger partial charge in [-0.15, -0.1) is 0 Å². The van der Waals surface area contributed by atoms with E-state index in [2.05, 4.69) is 6.92 Å². The van der Waals surface area contributed by atoms with Crippen LogP contribution in [0.5, 0.6) is 0 Å². The van der Waals surface area contributed by atoms with Gasteiger partial charge in [0.1, 0.15) is 5.02 Å². The van der Waals surface area contributed by atoms with Crippen molar-refractivity contribution >= 4 is 34.8 Å². The lowest BCUT2D eigenvalue weighted by molar-refractivity contribution is -0.384. The van der Waals surface area contributed by atoms with E-state index in [4.69, 9.17) is 23.2 Å². The molecule has 5 nitrogen and oxygen atoms in total. The zero-order valence-corrected chi connectivity index (χ0v) is 11.7. The maximum Gasteiger partial charge on any atom is 0.290 e. The third-order valence-corrected chi connectivity index (χ3v) is 3.96. The highest BCUT2D eigenvalue weighted by molar-refractivity contribution is 6.43. The molecule has 1 aromatic carbocycles. The van der Waals surface area contributed by atoms with E-state index in [0.717, 1.165) is 6.42 Å². The molecule has 1 aliphatic rings. The summed E-state index contributed by atoms with van der Waals surface area (Å²) in [6.45, 7) is 3.38. The van der Waals surface area contributed by atoms with Crippen molar-refractivity contribution in [2.24, 2.45) is 5.92 Å². The van der Waals surface area contributed by atoms with Crippen molar-refractivity contribution in [1.29, 1.82) is 0 Å². The molecule has 1 fully saturated rings. The van der Waals surface area contributed by atoms with Crippen LogP contribution in [0.1, 0.15) is 23.7 Å². The van der Waals surface area contributed by atoms with Crippen molar-refractivity contribution in [1.82, 2.24) is 4.90 Å². The van der Waals surface area contributed by atoms with Gasteiger partial charge in [0, 0.05) is 24.7 Å². The molecule has 1 aromatic rings. The second-order valence-corrected chi connectivity index (χ2v) is 5.48. The molecule has 0 bridgehead atoms. The number of carbonyl (C=O) groups is 1. The van der Waals surface area contributed by atoms with Gasteiger partial charge in [0.15, 0.2) is 0 Å². The molecule has 2 rings (SSSR count). The van der Waals surface area contributed by atoms with E-state index >= 15 is 0 Å². The Bertz CT molecular complexity index is 548. The van der Waals surface area contributed by atoms with Gasteiger partial charge >= 0.3 is 0 Å². The smallest absolute Gasteiger partial charge is 0.290 e. The Balaban J connectivity index is 2.35. The van der Waals surface area contributed by atoms with Crippen LogP contribution < -0.4 is 0 Å². The molecule has 0 saturated carbocycles. The third kappa shape index (κ3) is 2.82. The number of amides is 1. The molecule has 1 saturated heterocycles. The molecular formula is C12H12Cl2N2O3. The monoisotopic (exact) mass is 302 g/mol. The summed E-state index contributed by atoms with van der Waals surface area (Å²) in [4.78, 5) is 24.1. The summed E-state index contributed by atoms with van der Waals surface area (Å²) >= 11 is 11.6. The third-order valence-electron chi connectivity index (χ3n) is 3.16. The van der Waals surface area contributed by atoms with Crippen LogP contribution in [0.2, 0.25) is 10.0 Å². The minimum Gasteiger partial charge on any atom is -0.338 e. The van der Waals surface area contributed by atoms with E-state index < -0.39 is 4.92 Å². The second-order valence-electron chi connectivity index (χ2n) is 4.69. The zero-order valence-electron chi connectivity index (χ0n) is 10.2. The van der Waals surface area contributed by atoms with E-state index in [0.29, 0.717) is 19.0 Å². The number of nitrogens with zero attached hydrogens (tertiary/aromatic N) is 2. The molecule has 19 heavy (non-hydrogen) atoms. The first-order chi connectivity index (χ1) is 8.90. The number of rotatable bonds is 2. The fraction of sp³-hybridized carbons (Fsp3) is 0.417. The lowest BCUT2D eigenvalue weighted by atomic mass is 10.1. The number of nitro benzene ring substituents is 1. The number of likely N-dealkylation sites (tertiary alicyclic amines) is 1. The Labute approximate surface area is 120 Å². The van der Waals surface area contributed by atoms with Gasteiger partial charge in [-0.05, 0) is 18.4 Å². The Hall–Kier alpha value is -1.33.